The maximum atomic E-state index is 12.2. The van der Waals surface area contributed by atoms with Crippen molar-refractivity contribution in [1.82, 2.24) is 14.7 Å². The Morgan fingerprint density at radius 2 is 2.30 bits per heavy atom. The molecule has 2 aromatic heterocycles. The Labute approximate surface area is 121 Å². The minimum Gasteiger partial charge on any atom is -0.346 e. The number of thiazole rings is 1. The average Bonchev–Trinajstić information content (AvgIpc) is 3.10. The molecule has 1 saturated heterocycles. The van der Waals surface area contributed by atoms with Crippen LogP contribution in [-0.4, -0.2) is 37.5 Å². The van der Waals surface area contributed by atoms with Gasteiger partial charge in [-0.1, -0.05) is 0 Å². The van der Waals surface area contributed by atoms with Crippen LogP contribution in [0.2, 0.25) is 0 Å². The normalized spacial score (nSPS) is 19.4. The van der Waals surface area contributed by atoms with Gasteiger partial charge in [-0.2, -0.15) is 0 Å². The predicted molar refractivity (Wildman–Crippen MR) is 77.3 cm³/mol. The highest BCUT2D eigenvalue weighted by atomic mass is 32.2. The quantitative estimate of drug-likeness (QED) is 0.915. The van der Waals surface area contributed by atoms with Gasteiger partial charge in [-0.15, -0.1) is 11.3 Å². The number of anilines is 1. The van der Waals surface area contributed by atoms with E-state index in [2.05, 4.69) is 19.6 Å². The molecule has 20 heavy (non-hydrogen) atoms. The minimum atomic E-state index is -3.49. The Bertz CT molecular complexity index is 658. The molecule has 0 bridgehead atoms. The van der Waals surface area contributed by atoms with Gasteiger partial charge in [-0.05, 0) is 18.6 Å². The highest BCUT2D eigenvalue weighted by molar-refractivity contribution is 7.89. The van der Waals surface area contributed by atoms with Gasteiger partial charge in [0, 0.05) is 43.1 Å². The summed E-state index contributed by atoms with van der Waals surface area (Å²) in [5.41, 5.74) is 0. The van der Waals surface area contributed by atoms with Crippen molar-refractivity contribution in [3.8, 4) is 0 Å². The van der Waals surface area contributed by atoms with Crippen molar-refractivity contribution in [3.63, 3.8) is 0 Å². The first-order chi connectivity index (χ1) is 9.65. The second kappa shape index (κ2) is 5.47. The number of nitrogens with one attached hydrogen (secondary N) is 1. The van der Waals surface area contributed by atoms with Crippen molar-refractivity contribution in [2.45, 2.75) is 17.4 Å². The van der Waals surface area contributed by atoms with Gasteiger partial charge in [0.2, 0.25) is 10.0 Å². The van der Waals surface area contributed by atoms with Gasteiger partial charge in [0.15, 0.2) is 5.13 Å². The molecule has 0 radical (unpaired) electrons. The lowest BCUT2D eigenvalue weighted by Gasteiger charge is -2.15. The zero-order valence-corrected chi connectivity index (χ0v) is 12.3. The molecule has 1 fully saturated rings. The van der Waals surface area contributed by atoms with Crippen molar-refractivity contribution in [2.24, 2.45) is 0 Å². The predicted octanol–water partition coefficient (Wildman–Crippen LogP) is 1.10. The van der Waals surface area contributed by atoms with Gasteiger partial charge in [-0.3, -0.25) is 4.98 Å². The van der Waals surface area contributed by atoms with Crippen LogP contribution in [-0.2, 0) is 10.0 Å². The summed E-state index contributed by atoms with van der Waals surface area (Å²) in [7, 11) is -3.49. The van der Waals surface area contributed by atoms with Crippen LogP contribution < -0.4 is 9.62 Å². The van der Waals surface area contributed by atoms with Crippen LogP contribution in [0.15, 0.2) is 41.0 Å². The summed E-state index contributed by atoms with van der Waals surface area (Å²) in [5, 5.41) is 2.86. The monoisotopic (exact) mass is 310 g/mol. The average molecular weight is 310 g/mol. The molecule has 1 atom stereocenters. The molecule has 0 aromatic carbocycles. The van der Waals surface area contributed by atoms with Gasteiger partial charge in [0.1, 0.15) is 4.90 Å². The first-order valence-corrected chi connectivity index (χ1v) is 8.58. The second-order valence-electron chi connectivity index (χ2n) is 4.56. The minimum absolute atomic E-state index is 0.0934. The molecule has 1 aliphatic heterocycles. The van der Waals surface area contributed by atoms with Gasteiger partial charge in [0.05, 0.1) is 0 Å². The molecule has 3 rings (SSSR count). The largest absolute Gasteiger partial charge is 0.346 e. The number of hydrogen-bond acceptors (Lipinski definition) is 6. The molecule has 2 aromatic rings. The van der Waals surface area contributed by atoms with Gasteiger partial charge in [0.25, 0.3) is 0 Å². The summed E-state index contributed by atoms with van der Waals surface area (Å²) < 4.78 is 27.1. The van der Waals surface area contributed by atoms with Crippen LogP contribution in [0.3, 0.4) is 0 Å². The third-order valence-corrected chi connectivity index (χ3v) is 5.48. The molecule has 1 aliphatic rings. The molecular formula is C12H14N4O2S2. The zero-order valence-electron chi connectivity index (χ0n) is 10.6. The lowest BCUT2D eigenvalue weighted by molar-refractivity contribution is 0.561. The summed E-state index contributed by atoms with van der Waals surface area (Å²) in [6, 6.07) is 3.07. The molecule has 0 saturated carbocycles. The molecule has 3 heterocycles. The molecule has 0 amide bonds. The fourth-order valence-electron chi connectivity index (χ4n) is 2.20. The summed E-state index contributed by atoms with van der Waals surface area (Å²) in [4.78, 5) is 10.4. The summed E-state index contributed by atoms with van der Waals surface area (Å²) >= 11 is 1.56. The maximum absolute atomic E-state index is 12.2. The van der Waals surface area contributed by atoms with E-state index in [0.717, 1.165) is 18.1 Å². The summed E-state index contributed by atoms with van der Waals surface area (Å²) in [6.07, 6.45) is 5.45. The topological polar surface area (TPSA) is 75.2 Å². The fraction of sp³-hybridized carbons (Fsp3) is 0.333. The standard InChI is InChI=1S/C12H14N4O2S2/c17-20(18,11-2-1-4-13-8-11)15-10-3-6-16(9-10)12-14-5-7-19-12/h1-2,4-5,7-8,10,15H,3,6,9H2. The Kier molecular flexibility index (Phi) is 3.68. The van der Waals surface area contributed by atoms with Crippen molar-refractivity contribution in [2.75, 3.05) is 18.0 Å². The number of nitrogens with zero attached hydrogens (tertiary/aromatic N) is 3. The molecule has 1 N–H and O–H groups in total. The first kappa shape index (κ1) is 13.5. The Balaban J connectivity index is 1.68. The molecular weight excluding hydrogens is 296 g/mol. The van der Waals surface area contributed by atoms with Crippen LogP contribution in [0, 0.1) is 0 Å². The van der Waals surface area contributed by atoms with E-state index < -0.39 is 10.0 Å². The molecule has 0 aliphatic carbocycles. The van der Waals surface area contributed by atoms with Crippen LogP contribution in [0.4, 0.5) is 5.13 Å². The van der Waals surface area contributed by atoms with E-state index in [9.17, 15) is 8.42 Å². The van der Waals surface area contributed by atoms with Crippen molar-refractivity contribution in [3.05, 3.63) is 36.1 Å². The SMILES string of the molecule is O=S(=O)(NC1CCN(c2nccs2)C1)c1cccnc1. The van der Waals surface area contributed by atoms with Crippen LogP contribution in [0.25, 0.3) is 0 Å². The third kappa shape index (κ3) is 2.82. The lowest BCUT2D eigenvalue weighted by Crippen LogP contribution is -2.37. The Hall–Kier alpha value is -1.51. The van der Waals surface area contributed by atoms with E-state index in [0.29, 0.717) is 6.54 Å². The second-order valence-corrected chi connectivity index (χ2v) is 7.14. The molecule has 106 valence electrons. The highest BCUT2D eigenvalue weighted by Crippen LogP contribution is 2.23. The van der Waals surface area contributed by atoms with Crippen molar-refractivity contribution in [1.29, 1.82) is 0 Å². The number of aromatic nitrogens is 2. The number of rotatable bonds is 4. The Morgan fingerprint density at radius 1 is 1.40 bits per heavy atom. The van der Waals surface area contributed by atoms with E-state index >= 15 is 0 Å². The zero-order chi connectivity index (χ0) is 14.0. The van der Waals surface area contributed by atoms with Crippen LogP contribution >= 0.6 is 11.3 Å². The molecule has 1 unspecified atom stereocenters. The fourth-order valence-corrected chi connectivity index (χ4v) is 4.10. The third-order valence-electron chi connectivity index (χ3n) is 3.14. The van der Waals surface area contributed by atoms with E-state index in [1.165, 1.54) is 6.20 Å². The first-order valence-electron chi connectivity index (χ1n) is 6.22. The van der Waals surface area contributed by atoms with Gasteiger partial charge < -0.3 is 4.90 Å². The lowest BCUT2D eigenvalue weighted by atomic mass is 10.3. The van der Waals surface area contributed by atoms with E-state index in [1.807, 2.05) is 5.38 Å². The van der Waals surface area contributed by atoms with Crippen molar-refractivity contribution >= 4 is 26.5 Å². The smallest absolute Gasteiger partial charge is 0.242 e. The molecule has 0 spiro atoms. The van der Waals surface area contributed by atoms with E-state index in [1.54, 1.807) is 35.9 Å². The molecule has 8 heteroatoms. The van der Waals surface area contributed by atoms with Crippen LogP contribution in [0.5, 0.6) is 0 Å². The van der Waals surface area contributed by atoms with Gasteiger partial charge >= 0.3 is 0 Å². The van der Waals surface area contributed by atoms with E-state index in [4.69, 9.17) is 0 Å². The highest BCUT2D eigenvalue weighted by Gasteiger charge is 2.28. The number of sulfonamides is 1. The molecule has 6 nitrogen and oxygen atoms in total. The van der Waals surface area contributed by atoms with Crippen LogP contribution in [0.1, 0.15) is 6.42 Å². The van der Waals surface area contributed by atoms with Crippen molar-refractivity contribution < 1.29 is 8.42 Å². The number of hydrogen-bond donors (Lipinski definition) is 1. The summed E-state index contributed by atoms with van der Waals surface area (Å²) in [6.45, 7) is 1.46. The maximum Gasteiger partial charge on any atom is 0.242 e. The van der Waals surface area contributed by atoms with Gasteiger partial charge in [-0.25, -0.2) is 18.1 Å². The summed E-state index contributed by atoms with van der Waals surface area (Å²) in [5.74, 6) is 0. The number of pyridine rings is 1. The van der Waals surface area contributed by atoms with E-state index in [-0.39, 0.29) is 10.9 Å². The Morgan fingerprint density at radius 3 is 3.00 bits per heavy atom.